The molecule has 2 heteroatoms. The first-order valence-electron chi connectivity index (χ1n) is 5.59. The zero-order chi connectivity index (χ0) is 13.0. The Bertz CT molecular complexity index is 655. The maximum Gasteiger partial charge on any atom is 0.381 e. The summed E-state index contributed by atoms with van der Waals surface area (Å²) in [6.07, 6.45) is 9.85. The van der Waals surface area contributed by atoms with Crippen molar-refractivity contribution < 1.29 is 9.90 Å². The third-order valence-electron chi connectivity index (χ3n) is 2.78. The number of benzene rings is 2. The van der Waals surface area contributed by atoms with Crippen LogP contribution >= 0.6 is 0 Å². The summed E-state index contributed by atoms with van der Waals surface area (Å²) < 4.78 is 0. The van der Waals surface area contributed by atoms with Gasteiger partial charge in [-0.25, -0.2) is 4.79 Å². The fraction of sp³-hybridized carbons (Fsp3) is 0.0625. The van der Waals surface area contributed by atoms with Gasteiger partial charge in [-0.3, -0.25) is 0 Å². The fourth-order valence-corrected chi connectivity index (χ4v) is 2.07. The van der Waals surface area contributed by atoms with Crippen molar-refractivity contribution in [3.63, 3.8) is 0 Å². The van der Waals surface area contributed by atoms with Crippen molar-refractivity contribution in [3.8, 4) is 12.3 Å². The summed E-state index contributed by atoms with van der Waals surface area (Å²) >= 11 is 0. The Labute approximate surface area is 106 Å². The number of carbonyl (C=O) groups is 1. The minimum absolute atomic E-state index is 1.08. The number of hydrogen-bond acceptors (Lipinski definition) is 1. The molecule has 0 radical (unpaired) electrons. The van der Waals surface area contributed by atoms with Gasteiger partial charge in [-0.2, -0.15) is 0 Å². The standard InChI is InChI=1S/C13H10.C3H2O2/c1-4-10-6-2-8-12-9-3-7-11(5-1)13(10)12;1-2-3(4)5/h1-8H,9H2;1H,(H,4,5). The van der Waals surface area contributed by atoms with Crippen LogP contribution in [-0.2, 0) is 11.2 Å². The Morgan fingerprint density at radius 3 is 2.56 bits per heavy atom. The smallest absolute Gasteiger partial charge is 0.381 e. The number of rotatable bonds is 0. The summed E-state index contributed by atoms with van der Waals surface area (Å²) in [5.74, 6) is 0.227. The average Bonchev–Trinajstić information content (AvgIpc) is 2.41. The molecule has 1 aliphatic rings. The molecule has 0 saturated carbocycles. The number of hydrogen-bond donors (Lipinski definition) is 1. The van der Waals surface area contributed by atoms with Crippen LogP contribution in [0.4, 0.5) is 0 Å². The molecule has 88 valence electrons. The van der Waals surface area contributed by atoms with E-state index in [-0.39, 0.29) is 0 Å². The molecule has 0 amide bonds. The van der Waals surface area contributed by atoms with Gasteiger partial charge in [-0.15, -0.1) is 6.42 Å². The van der Waals surface area contributed by atoms with Crippen molar-refractivity contribution in [1.82, 2.24) is 0 Å². The van der Waals surface area contributed by atoms with Crippen molar-refractivity contribution in [2.24, 2.45) is 0 Å². The molecule has 3 rings (SSSR count). The average molecular weight is 236 g/mol. The Morgan fingerprint density at radius 2 is 1.89 bits per heavy atom. The summed E-state index contributed by atoms with van der Waals surface area (Å²) in [5, 5.41) is 10.3. The molecule has 0 aromatic heterocycles. The van der Waals surface area contributed by atoms with Crippen LogP contribution in [0.5, 0.6) is 0 Å². The molecule has 0 aliphatic heterocycles. The van der Waals surface area contributed by atoms with Gasteiger partial charge in [0.1, 0.15) is 0 Å². The predicted octanol–water partition coefficient (Wildman–Crippen LogP) is 3.11. The molecular formula is C16H12O2. The molecule has 0 spiro atoms. The zero-order valence-electron chi connectivity index (χ0n) is 9.76. The van der Waals surface area contributed by atoms with E-state index in [1.165, 1.54) is 27.8 Å². The van der Waals surface area contributed by atoms with E-state index in [0.717, 1.165) is 6.42 Å². The summed E-state index contributed by atoms with van der Waals surface area (Å²) in [6.45, 7) is 0. The van der Waals surface area contributed by atoms with Crippen LogP contribution in [0.1, 0.15) is 11.1 Å². The molecule has 2 aromatic rings. The second-order valence-corrected chi connectivity index (χ2v) is 3.92. The first-order chi connectivity index (χ1) is 8.72. The summed E-state index contributed by atoms with van der Waals surface area (Å²) in [6, 6.07) is 13.0. The lowest BCUT2D eigenvalue weighted by Gasteiger charge is -2.11. The van der Waals surface area contributed by atoms with Gasteiger partial charge >= 0.3 is 5.97 Å². The van der Waals surface area contributed by atoms with E-state index in [1.54, 1.807) is 0 Å². The maximum absolute atomic E-state index is 9.13. The highest BCUT2D eigenvalue weighted by molar-refractivity contribution is 5.94. The van der Waals surface area contributed by atoms with Crippen LogP contribution in [0.15, 0.2) is 42.5 Å². The van der Waals surface area contributed by atoms with Gasteiger partial charge in [-0.05, 0) is 28.3 Å². The quantitative estimate of drug-likeness (QED) is 0.713. The van der Waals surface area contributed by atoms with Crippen LogP contribution in [0, 0.1) is 12.3 Å². The highest BCUT2D eigenvalue weighted by atomic mass is 16.4. The Morgan fingerprint density at radius 1 is 1.22 bits per heavy atom. The molecule has 0 bridgehead atoms. The molecule has 0 atom stereocenters. The van der Waals surface area contributed by atoms with E-state index in [1.807, 2.05) is 0 Å². The number of carboxylic acids is 1. The number of carboxylic acid groups (broad SMARTS) is 1. The van der Waals surface area contributed by atoms with E-state index in [0.29, 0.717) is 0 Å². The van der Waals surface area contributed by atoms with E-state index in [9.17, 15) is 0 Å². The molecule has 0 fully saturated rings. The van der Waals surface area contributed by atoms with Gasteiger partial charge in [0.05, 0.1) is 0 Å². The van der Waals surface area contributed by atoms with Gasteiger partial charge in [0.15, 0.2) is 0 Å². The van der Waals surface area contributed by atoms with E-state index in [2.05, 4.69) is 55.0 Å². The Balaban J connectivity index is 0.000000209. The lowest BCUT2D eigenvalue weighted by Crippen LogP contribution is -1.91. The molecule has 0 heterocycles. The normalized spacial score (nSPS) is 11.3. The van der Waals surface area contributed by atoms with E-state index < -0.39 is 5.97 Å². The number of aliphatic carboxylic acids is 1. The second kappa shape index (κ2) is 5.20. The molecule has 18 heavy (non-hydrogen) atoms. The summed E-state index contributed by atoms with van der Waals surface area (Å²) in [4.78, 5) is 9.13. The zero-order valence-corrected chi connectivity index (χ0v) is 9.76. The molecular weight excluding hydrogens is 224 g/mol. The fourth-order valence-electron chi connectivity index (χ4n) is 2.07. The first kappa shape index (κ1) is 11.9. The monoisotopic (exact) mass is 236 g/mol. The minimum atomic E-state index is -1.22. The van der Waals surface area contributed by atoms with Gasteiger partial charge in [0.2, 0.25) is 0 Å². The summed E-state index contributed by atoms with van der Waals surface area (Å²) in [5.41, 5.74) is 2.81. The van der Waals surface area contributed by atoms with Crippen LogP contribution in [0.2, 0.25) is 0 Å². The van der Waals surface area contributed by atoms with Crippen LogP contribution in [0.3, 0.4) is 0 Å². The highest BCUT2D eigenvalue weighted by Crippen LogP contribution is 2.27. The first-order valence-corrected chi connectivity index (χ1v) is 5.59. The van der Waals surface area contributed by atoms with Gasteiger partial charge < -0.3 is 5.11 Å². The van der Waals surface area contributed by atoms with Crippen LogP contribution < -0.4 is 0 Å². The lowest BCUT2D eigenvalue weighted by atomic mass is 9.93. The van der Waals surface area contributed by atoms with Crippen molar-refractivity contribution in [3.05, 3.63) is 53.6 Å². The predicted molar refractivity (Wildman–Crippen MR) is 73.2 cm³/mol. The molecule has 0 unspecified atom stereocenters. The molecule has 2 aromatic carbocycles. The lowest BCUT2D eigenvalue weighted by molar-refractivity contribution is -0.130. The minimum Gasteiger partial charge on any atom is -0.472 e. The molecule has 1 N–H and O–H groups in total. The highest BCUT2D eigenvalue weighted by Gasteiger charge is 2.06. The number of allylic oxidation sites excluding steroid dienone is 1. The molecule has 0 saturated heterocycles. The largest absolute Gasteiger partial charge is 0.472 e. The van der Waals surface area contributed by atoms with Gasteiger partial charge in [0.25, 0.3) is 0 Å². The van der Waals surface area contributed by atoms with Crippen LogP contribution in [-0.4, -0.2) is 11.1 Å². The van der Waals surface area contributed by atoms with Crippen LogP contribution in [0.25, 0.3) is 16.8 Å². The van der Waals surface area contributed by atoms with Crippen molar-refractivity contribution >= 4 is 22.8 Å². The van der Waals surface area contributed by atoms with Gasteiger partial charge in [-0.1, -0.05) is 48.6 Å². The SMILES string of the molecule is C#CC(=O)O.C1=Cc2cccc3cccc(c23)C1. The third-order valence-corrected chi connectivity index (χ3v) is 2.78. The topological polar surface area (TPSA) is 37.3 Å². The summed E-state index contributed by atoms with van der Waals surface area (Å²) in [7, 11) is 0. The van der Waals surface area contributed by atoms with Crippen molar-refractivity contribution in [1.29, 1.82) is 0 Å². The van der Waals surface area contributed by atoms with E-state index in [4.69, 9.17) is 9.90 Å². The number of terminal acetylenes is 1. The van der Waals surface area contributed by atoms with Crippen molar-refractivity contribution in [2.45, 2.75) is 6.42 Å². The second-order valence-electron chi connectivity index (χ2n) is 3.92. The Hall–Kier alpha value is -2.53. The van der Waals surface area contributed by atoms with Gasteiger partial charge in [0, 0.05) is 5.92 Å². The Kier molecular flexibility index (Phi) is 3.45. The third kappa shape index (κ3) is 2.41. The van der Waals surface area contributed by atoms with E-state index >= 15 is 0 Å². The molecule has 2 nitrogen and oxygen atoms in total. The molecule has 1 aliphatic carbocycles. The van der Waals surface area contributed by atoms with Crippen molar-refractivity contribution in [2.75, 3.05) is 0 Å². The maximum atomic E-state index is 9.13.